The first-order valence-corrected chi connectivity index (χ1v) is 6.62. The Bertz CT molecular complexity index is 506. The SMILES string of the molecule is c1ccc(-c2noc(COC3CCNCC3)n2)cc1. The van der Waals surface area contributed by atoms with Crippen molar-refractivity contribution < 1.29 is 9.26 Å². The highest BCUT2D eigenvalue weighted by atomic mass is 16.5. The predicted molar refractivity (Wildman–Crippen MR) is 70.4 cm³/mol. The van der Waals surface area contributed by atoms with E-state index in [1.807, 2.05) is 30.3 Å². The highest BCUT2D eigenvalue weighted by molar-refractivity contribution is 5.53. The number of rotatable bonds is 4. The molecule has 1 N–H and O–H groups in total. The molecule has 100 valence electrons. The Hall–Kier alpha value is -1.72. The van der Waals surface area contributed by atoms with Crippen molar-refractivity contribution in [1.82, 2.24) is 15.5 Å². The second-order valence-electron chi connectivity index (χ2n) is 4.64. The molecule has 2 aromatic rings. The lowest BCUT2D eigenvalue weighted by molar-refractivity contribution is 0.00859. The van der Waals surface area contributed by atoms with Crippen molar-refractivity contribution in [2.45, 2.75) is 25.6 Å². The molecule has 0 aliphatic carbocycles. The average molecular weight is 259 g/mol. The van der Waals surface area contributed by atoms with Gasteiger partial charge in [-0.05, 0) is 25.9 Å². The maximum absolute atomic E-state index is 5.78. The third kappa shape index (κ3) is 3.19. The molecule has 0 bridgehead atoms. The largest absolute Gasteiger partial charge is 0.368 e. The Morgan fingerprint density at radius 3 is 2.79 bits per heavy atom. The van der Waals surface area contributed by atoms with E-state index in [1.165, 1.54) is 0 Å². The predicted octanol–water partition coefficient (Wildman–Crippen LogP) is 2.01. The molecule has 3 rings (SSSR count). The zero-order valence-electron chi connectivity index (χ0n) is 10.7. The molecule has 0 atom stereocenters. The number of aromatic nitrogens is 2. The summed E-state index contributed by atoms with van der Waals surface area (Å²) in [6, 6.07) is 9.79. The number of hydrogen-bond acceptors (Lipinski definition) is 5. The molecule has 1 fully saturated rings. The van der Waals surface area contributed by atoms with E-state index in [9.17, 15) is 0 Å². The van der Waals surface area contributed by atoms with Crippen LogP contribution in [0.1, 0.15) is 18.7 Å². The summed E-state index contributed by atoms with van der Waals surface area (Å²) in [6.07, 6.45) is 2.38. The standard InChI is InChI=1S/C14H17N3O2/c1-2-4-11(5-3-1)14-16-13(19-17-14)10-18-12-6-8-15-9-7-12/h1-5,12,15H,6-10H2. The van der Waals surface area contributed by atoms with Crippen molar-refractivity contribution in [3.8, 4) is 11.4 Å². The number of hydrogen-bond donors (Lipinski definition) is 1. The molecule has 1 aromatic heterocycles. The van der Waals surface area contributed by atoms with Crippen LogP contribution in [-0.4, -0.2) is 29.3 Å². The van der Waals surface area contributed by atoms with Crippen LogP contribution in [0.2, 0.25) is 0 Å². The average Bonchev–Trinajstić information content (AvgIpc) is 2.96. The molecule has 0 amide bonds. The number of nitrogens with one attached hydrogen (secondary N) is 1. The van der Waals surface area contributed by atoms with Crippen molar-refractivity contribution in [1.29, 1.82) is 0 Å². The fourth-order valence-corrected chi connectivity index (χ4v) is 2.17. The summed E-state index contributed by atoms with van der Waals surface area (Å²) in [6.45, 7) is 2.43. The molecular formula is C14H17N3O2. The molecule has 2 heterocycles. The molecule has 1 aliphatic heterocycles. The molecule has 0 spiro atoms. The monoisotopic (exact) mass is 259 g/mol. The van der Waals surface area contributed by atoms with Gasteiger partial charge < -0.3 is 14.6 Å². The van der Waals surface area contributed by atoms with E-state index >= 15 is 0 Å². The second kappa shape index (κ2) is 5.95. The summed E-state index contributed by atoms with van der Waals surface area (Å²) >= 11 is 0. The third-order valence-corrected chi connectivity index (χ3v) is 3.23. The van der Waals surface area contributed by atoms with Gasteiger partial charge in [0, 0.05) is 5.56 Å². The summed E-state index contributed by atoms with van der Waals surface area (Å²) in [5.74, 6) is 1.15. The summed E-state index contributed by atoms with van der Waals surface area (Å²) in [5.41, 5.74) is 0.958. The Kier molecular flexibility index (Phi) is 3.86. The summed E-state index contributed by atoms with van der Waals surface area (Å²) in [4.78, 5) is 4.35. The van der Waals surface area contributed by atoms with Gasteiger partial charge in [0.2, 0.25) is 5.82 Å². The lowest BCUT2D eigenvalue weighted by atomic mass is 10.1. The number of ether oxygens (including phenoxy) is 1. The van der Waals surface area contributed by atoms with Gasteiger partial charge in [0.15, 0.2) is 0 Å². The van der Waals surface area contributed by atoms with E-state index in [1.54, 1.807) is 0 Å². The van der Waals surface area contributed by atoms with Crippen LogP contribution in [-0.2, 0) is 11.3 Å². The van der Waals surface area contributed by atoms with Crippen LogP contribution < -0.4 is 5.32 Å². The molecule has 0 radical (unpaired) electrons. The second-order valence-corrected chi connectivity index (χ2v) is 4.64. The van der Waals surface area contributed by atoms with E-state index in [4.69, 9.17) is 9.26 Å². The lowest BCUT2D eigenvalue weighted by Gasteiger charge is -2.21. The normalized spacial score (nSPS) is 16.6. The van der Waals surface area contributed by atoms with Crippen LogP contribution in [0.4, 0.5) is 0 Å². The van der Waals surface area contributed by atoms with E-state index in [0.717, 1.165) is 31.5 Å². The first-order valence-electron chi connectivity index (χ1n) is 6.62. The van der Waals surface area contributed by atoms with Crippen molar-refractivity contribution in [2.24, 2.45) is 0 Å². The van der Waals surface area contributed by atoms with Crippen LogP contribution >= 0.6 is 0 Å². The van der Waals surface area contributed by atoms with E-state index in [2.05, 4.69) is 15.5 Å². The topological polar surface area (TPSA) is 60.2 Å². The molecule has 0 unspecified atom stereocenters. The van der Waals surface area contributed by atoms with Crippen molar-refractivity contribution in [3.63, 3.8) is 0 Å². The fourth-order valence-electron chi connectivity index (χ4n) is 2.17. The first kappa shape index (κ1) is 12.3. The zero-order valence-corrected chi connectivity index (χ0v) is 10.7. The maximum Gasteiger partial charge on any atom is 0.252 e. The zero-order chi connectivity index (χ0) is 12.9. The third-order valence-electron chi connectivity index (χ3n) is 3.23. The van der Waals surface area contributed by atoms with Crippen molar-refractivity contribution in [2.75, 3.05) is 13.1 Å². The van der Waals surface area contributed by atoms with Gasteiger partial charge in [-0.25, -0.2) is 0 Å². The van der Waals surface area contributed by atoms with Crippen LogP contribution in [0.3, 0.4) is 0 Å². The minimum atomic E-state index is 0.299. The molecule has 5 nitrogen and oxygen atoms in total. The van der Waals surface area contributed by atoms with Gasteiger partial charge in [0.25, 0.3) is 5.89 Å². The van der Waals surface area contributed by atoms with E-state index < -0.39 is 0 Å². The quantitative estimate of drug-likeness (QED) is 0.910. The van der Waals surface area contributed by atoms with Gasteiger partial charge in [-0.15, -0.1) is 0 Å². The minimum Gasteiger partial charge on any atom is -0.368 e. The highest BCUT2D eigenvalue weighted by Gasteiger charge is 2.15. The van der Waals surface area contributed by atoms with Gasteiger partial charge in [0.1, 0.15) is 6.61 Å². The Labute approximate surface area is 112 Å². The van der Waals surface area contributed by atoms with Crippen molar-refractivity contribution in [3.05, 3.63) is 36.2 Å². The maximum atomic E-state index is 5.78. The molecule has 1 aromatic carbocycles. The van der Waals surface area contributed by atoms with E-state index in [-0.39, 0.29) is 0 Å². The highest BCUT2D eigenvalue weighted by Crippen LogP contribution is 2.16. The first-order chi connectivity index (χ1) is 9.42. The molecular weight excluding hydrogens is 242 g/mol. The molecule has 1 aliphatic rings. The minimum absolute atomic E-state index is 0.299. The van der Waals surface area contributed by atoms with E-state index in [0.29, 0.717) is 24.4 Å². The van der Waals surface area contributed by atoms with Gasteiger partial charge in [-0.3, -0.25) is 0 Å². The summed E-state index contributed by atoms with van der Waals surface area (Å²) < 4.78 is 11.0. The smallest absolute Gasteiger partial charge is 0.252 e. The molecule has 0 saturated carbocycles. The van der Waals surface area contributed by atoms with Crippen molar-refractivity contribution >= 4 is 0 Å². The van der Waals surface area contributed by atoms with Crippen LogP contribution in [0.5, 0.6) is 0 Å². The molecule has 5 heteroatoms. The van der Waals surface area contributed by atoms with Crippen LogP contribution in [0.15, 0.2) is 34.9 Å². The Balaban J connectivity index is 1.59. The van der Waals surface area contributed by atoms with Gasteiger partial charge in [-0.2, -0.15) is 4.98 Å². The summed E-state index contributed by atoms with van der Waals surface area (Å²) in [7, 11) is 0. The van der Waals surface area contributed by atoms with Gasteiger partial charge in [0.05, 0.1) is 6.10 Å². The Morgan fingerprint density at radius 1 is 1.21 bits per heavy atom. The fraction of sp³-hybridized carbons (Fsp3) is 0.429. The van der Waals surface area contributed by atoms with Crippen LogP contribution in [0.25, 0.3) is 11.4 Å². The number of nitrogens with zero attached hydrogens (tertiary/aromatic N) is 2. The van der Waals surface area contributed by atoms with Gasteiger partial charge >= 0.3 is 0 Å². The summed E-state index contributed by atoms with van der Waals surface area (Å²) in [5, 5.41) is 7.28. The molecule has 1 saturated heterocycles. The van der Waals surface area contributed by atoms with Crippen LogP contribution in [0, 0.1) is 0 Å². The molecule has 19 heavy (non-hydrogen) atoms. The lowest BCUT2D eigenvalue weighted by Crippen LogP contribution is -2.32. The number of piperidine rings is 1. The number of benzene rings is 1. The van der Waals surface area contributed by atoms with Gasteiger partial charge in [-0.1, -0.05) is 35.5 Å². The Morgan fingerprint density at radius 2 is 2.00 bits per heavy atom.